The lowest BCUT2D eigenvalue weighted by Gasteiger charge is -2.17. The first-order valence-corrected chi connectivity index (χ1v) is 7.91. The van der Waals surface area contributed by atoms with Crippen molar-refractivity contribution in [1.82, 2.24) is 5.32 Å². The van der Waals surface area contributed by atoms with Crippen LogP contribution in [0.15, 0.2) is 42.5 Å². The van der Waals surface area contributed by atoms with E-state index in [0.717, 1.165) is 28.8 Å². The SMILES string of the molecule is O=C(Cc1ccc2c(c1)CCC(=O)N2)NCc1ccc(Cl)cc1. The lowest BCUT2D eigenvalue weighted by Crippen LogP contribution is -2.25. The van der Waals surface area contributed by atoms with Gasteiger partial charge in [0.05, 0.1) is 6.42 Å². The van der Waals surface area contributed by atoms with Crippen LogP contribution in [0.5, 0.6) is 0 Å². The second-order valence-electron chi connectivity index (χ2n) is 5.62. The average Bonchev–Trinajstić information content (AvgIpc) is 2.54. The maximum atomic E-state index is 12.1. The van der Waals surface area contributed by atoms with Crippen LogP contribution < -0.4 is 10.6 Å². The Hall–Kier alpha value is -2.33. The molecule has 23 heavy (non-hydrogen) atoms. The molecule has 1 aliphatic heterocycles. The van der Waals surface area contributed by atoms with Gasteiger partial charge in [-0.15, -0.1) is 0 Å². The highest BCUT2D eigenvalue weighted by Crippen LogP contribution is 2.23. The van der Waals surface area contributed by atoms with Crippen LogP contribution in [0.25, 0.3) is 0 Å². The van der Waals surface area contributed by atoms with Gasteiger partial charge in [-0.05, 0) is 41.3 Å². The van der Waals surface area contributed by atoms with Crippen LogP contribution in [-0.2, 0) is 29.0 Å². The molecule has 0 spiro atoms. The Morgan fingerprint density at radius 1 is 1.09 bits per heavy atom. The largest absolute Gasteiger partial charge is 0.352 e. The van der Waals surface area contributed by atoms with E-state index in [0.29, 0.717) is 24.4 Å². The Kier molecular flexibility index (Phi) is 4.63. The molecular formula is C18H17ClN2O2. The summed E-state index contributed by atoms with van der Waals surface area (Å²) in [5, 5.41) is 6.43. The number of halogens is 1. The summed E-state index contributed by atoms with van der Waals surface area (Å²) in [6.07, 6.45) is 1.55. The van der Waals surface area contributed by atoms with Gasteiger partial charge in [0, 0.05) is 23.7 Å². The minimum atomic E-state index is -0.0280. The van der Waals surface area contributed by atoms with E-state index in [1.807, 2.05) is 30.3 Å². The van der Waals surface area contributed by atoms with Crippen LogP contribution in [0, 0.1) is 0 Å². The molecule has 3 rings (SSSR count). The van der Waals surface area contributed by atoms with Crippen molar-refractivity contribution in [1.29, 1.82) is 0 Å². The van der Waals surface area contributed by atoms with Crippen molar-refractivity contribution in [2.45, 2.75) is 25.8 Å². The molecule has 2 aromatic rings. The first-order chi connectivity index (χ1) is 11.1. The molecule has 118 valence electrons. The van der Waals surface area contributed by atoms with Crippen LogP contribution in [-0.4, -0.2) is 11.8 Å². The number of rotatable bonds is 4. The van der Waals surface area contributed by atoms with Crippen molar-refractivity contribution in [2.75, 3.05) is 5.32 Å². The molecule has 0 unspecified atom stereocenters. The van der Waals surface area contributed by atoms with Gasteiger partial charge >= 0.3 is 0 Å². The molecule has 4 nitrogen and oxygen atoms in total. The zero-order chi connectivity index (χ0) is 16.2. The fourth-order valence-corrected chi connectivity index (χ4v) is 2.72. The predicted molar refractivity (Wildman–Crippen MR) is 90.4 cm³/mol. The molecule has 2 aromatic carbocycles. The summed E-state index contributed by atoms with van der Waals surface area (Å²) in [6, 6.07) is 13.1. The number of aryl methyl sites for hydroxylation is 1. The lowest BCUT2D eigenvalue weighted by molar-refractivity contribution is -0.120. The Balaban J connectivity index is 1.57. The van der Waals surface area contributed by atoms with Gasteiger partial charge in [0.25, 0.3) is 0 Å². The first kappa shape index (κ1) is 15.6. The van der Waals surface area contributed by atoms with E-state index in [4.69, 9.17) is 11.6 Å². The van der Waals surface area contributed by atoms with Crippen LogP contribution in [0.4, 0.5) is 5.69 Å². The third kappa shape index (κ3) is 4.11. The van der Waals surface area contributed by atoms with Gasteiger partial charge < -0.3 is 10.6 Å². The number of fused-ring (bicyclic) bond motifs is 1. The van der Waals surface area contributed by atoms with Crippen molar-refractivity contribution in [3.63, 3.8) is 0 Å². The molecule has 0 radical (unpaired) electrons. The number of carbonyl (C=O) groups is 2. The van der Waals surface area contributed by atoms with Crippen molar-refractivity contribution < 1.29 is 9.59 Å². The average molecular weight is 329 g/mol. The number of carbonyl (C=O) groups excluding carboxylic acids is 2. The van der Waals surface area contributed by atoms with E-state index < -0.39 is 0 Å². The monoisotopic (exact) mass is 328 g/mol. The molecule has 0 fully saturated rings. The zero-order valence-corrected chi connectivity index (χ0v) is 13.3. The molecule has 5 heteroatoms. The second-order valence-corrected chi connectivity index (χ2v) is 6.06. The molecule has 0 atom stereocenters. The Morgan fingerprint density at radius 3 is 2.61 bits per heavy atom. The summed E-state index contributed by atoms with van der Waals surface area (Å²) in [4.78, 5) is 23.4. The molecule has 0 saturated heterocycles. The summed E-state index contributed by atoms with van der Waals surface area (Å²) >= 11 is 5.84. The van der Waals surface area contributed by atoms with Gasteiger partial charge in [-0.2, -0.15) is 0 Å². The lowest BCUT2D eigenvalue weighted by atomic mass is 9.99. The van der Waals surface area contributed by atoms with Crippen LogP contribution in [0.1, 0.15) is 23.1 Å². The number of anilines is 1. The molecule has 1 heterocycles. The minimum Gasteiger partial charge on any atom is -0.352 e. The molecule has 2 N–H and O–H groups in total. The maximum Gasteiger partial charge on any atom is 0.224 e. The highest BCUT2D eigenvalue weighted by molar-refractivity contribution is 6.30. The van der Waals surface area contributed by atoms with E-state index in [1.165, 1.54) is 0 Å². The van der Waals surface area contributed by atoms with E-state index >= 15 is 0 Å². The van der Waals surface area contributed by atoms with Crippen molar-refractivity contribution >= 4 is 29.1 Å². The molecule has 1 aliphatic rings. The van der Waals surface area contributed by atoms with Crippen LogP contribution in [0.2, 0.25) is 5.02 Å². The van der Waals surface area contributed by atoms with Crippen LogP contribution >= 0.6 is 11.6 Å². The number of hydrogen-bond donors (Lipinski definition) is 2. The van der Waals surface area contributed by atoms with Gasteiger partial charge in [0.1, 0.15) is 0 Å². The summed E-state index contributed by atoms with van der Waals surface area (Å²) in [6.45, 7) is 0.483. The summed E-state index contributed by atoms with van der Waals surface area (Å²) in [5.41, 5.74) is 3.91. The second kappa shape index (κ2) is 6.84. The number of nitrogens with one attached hydrogen (secondary N) is 2. The normalized spacial score (nSPS) is 13.2. The molecule has 2 amide bonds. The predicted octanol–water partition coefficient (Wildman–Crippen LogP) is 3.08. The fraction of sp³-hybridized carbons (Fsp3) is 0.222. The van der Waals surface area contributed by atoms with E-state index in [2.05, 4.69) is 10.6 Å². The minimum absolute atomic E-state index is 0.0280. The number of amides is 2. The molecule has 0 saturated carbocycles. The Labute approximate surface area is 139 Å². The van der Waals surface area contributed by atoms with Gasteiger partial charge in [-0.1, -0.05) is 35.9 Å². The topological polar surface area (TPSA) is 58.2 Å². The highest BCUT2D eigenvalue weighted by atomic mass is 35.5. The van der Waals surface area contributed by atoms with E-state index in [9.17, 15) is 9.59 Å². The van der Waals surface area contributed by atoms with Gasteiger partial charge in [0.15, 0.2) is 0 Å². The van der Waals surface area contributed by atoms with Gasteiger partial charge in [-0.3, -0.25) is 9.59 Å². The van der Waals surface area contributed by atoms with Crippen molar-refractivity contribution in [3.05, 3.63) is 64.2 Å². The molecular weight excluding hydrogens is 312 g/mol. The first-order valence-electron chi connectivity index (χ1n) is 7.53. The number of hydrogen-bond acceptors (Lipinski definition) is 2. The highest BCUT2D eigenvalue weighted by Gasteiger charge is 2.15. The third-order valence-electron chi connectivity index (χ3n) is 3.83. The smallest absolute Gasteiger partial charge is 0.224 e. The van der Waals surface area contributed by atoms with Crippen molar-refractivity contribution in [3.8, 4) is 0 Å². The standard InChI is InChI=1S/C18H17ClN2O2/c19-15-5-1-12(2-6-15)11-20-18(23)10-13-3-7-16-14(9-13)4-8-17(22)21-16/h1-3,5-7,9H,4,8,10-11H2,(H,20,23)(H,21,22). The summed E-state index contributed by atoms with van der Waals surface area (Å²) < 4.78 is 0. The fourth-order valence-electron chi connectivity index (χ4n) is 2.60. The number of benzene rings is 2. The van der Waals surface area contributed by atoms with Gasteiger partial charge in [-0.25, -0.2) is 0 Å². The maximum absolute atomic E-state index is 12.1. The third-order valence-corrected chi connectivity index (χ3v) is 4.08. The summed E-state index contributed by atoms with van der Waals surface area (Å²) in [5.74, 6) is 0.0192. The van der Waals surface area contributed by atoms with Gasteiger partial charge in [0.2, 0.25) is 11.8 Å². The van der Waals surface area contributed by atoms with Crippen LogP contribution in [0.3, 0.4) is 0 Å². The van der Waals surface area contributed by atoms with E-state index in [1.54, 1.807) is 12.1 Å². The van der Waals surface area contributed by atoms with E-state index in [-0.39, 0.29) is 11.8 Å². The molecule has 0 bridgehead atoms. The Morgan fingerprint density at radius 2 is 1.83 bits per heavy atom. The summed E-state index contributed by atoms with van der Waals surface area (Å²) in [7, 11) is 0. The quantitative estimate of drug-likeness (QED) is 0.906. The Bertz CT molecular complexity index is 741. The molecule has 0 aromatic heterocycles. The van der Waals surface area contributed by atoms with Crippen molar-refractivity contribution in [2.24, 2.45) is 0 Å². The zero-order valence-electron chi connectivity index (χ0n) is 12.6. The molecule has 0 aliphatic carbocycles.